The number of pyridine rings is 1. The van der Waals surface area contributed by atoms with Gasteiger partial charge < -0.3 is 24.3 Å². The maximum absolute atomic E-state index is 13.6. The number of halogens is 1. The maximum atomic E-state index is 13.6. The SMILES string of the molecule is C=CCCCCOC(=O)N1C[C@H](Oc2nc(Cl)cc3cc(OC)ccc23)C[C@H]1C(=O)N[C@]1(C(=O)OCC)C[C@H]1C=C. The fourth-order valence-corrected chi connectivity index (χ4v) is 5.27. The van der Waals surface area contributed by atoms with Crippen molar-refractivity contribution in [2.24, 2.45) is 5.92 Å². The van der Waals surface area contributed by atoms with Crippen molar-refractivity contribution < 1.29 is 33.3 Å². The number of unbranched alkanes of at least 4 members (excludes halogenated alkanes) is 2. The summed E-state index contributed by atoms with van der Waals surface area (Å²) < 4.78 is 22.3. The van der Waals surface area contributed by atoms with Crippen LogP contribution >= 0.6 is 11.6 Å². The molecule has 11 heteroatoms. The number of esters is 1. The van der Waals surface area contributed by atoms with E-state index in [2.05, 4.69) is 23.5 Å². The van der Waals surface area contributed by atoms with E-state index in [1.807, 2.05) is 18.2 Å². The average Bonchev–Trinajstić information content (AvgIpc) is 3.51. The number of fused-ring (bicyclic) bond motifs is 1. The Labute approximate surface area is 244 Å². The third kappa shape index (κ3) is 6.75. The number of ether oxygens (including phenoxy) is 4. The van der Waals surface area contributed by atoms with E-state index in [1.165, 1.54) is 4.90 Å². The Hall–Kier alpha value is -3.79. The van der Waals surface area contributed by atoms with E-state index in [1.54, 1.807) is 32.2 Å². The van der Waals surface area contributed by atoms with Crippen molar-refractivity contribution in [1.82, 2.24) is 15.2 Å². The first kappa shape index (κ1) is 30.2. The van der Waals surface area contributed by atoms with E-state index in [0.29, 0.717) is 24.0 Å². The van der Waals surface area contributed by atoms with Crippen molar-refractivity contribution in [3.05, 3.63) is 54.7 Å². The Kier molecular flexibility index (Phi) is 9.75. The summed E-state index contributed by atoms with van der Waals surface area (Å²) in [6, 6.07) is 6.17. The molecule has 4 rings (SSSR count). The quantitative estimate of drug-likeness (QED) is 0.154. The van der Waals surface area contributed by atoms with Crippen molar-refractivity contribution >= 4 is 40.3 Å². The summed E-state index contributed by atoms with van der Waals surface area (Å²) in [4.78, 5) is 45.2. The summed E-state index contributed by atoms with van der Waals surface area (Å²) in [5.74, 6) is -0.353. The van der Waals surface area contributed by atoms with E-state index < -0.39 is 35.7 Å². The minimum Gasteiger partial charge on any atom is -0.497 e. The molecule has 10 nitrogen and oxygen atoms in total. The molecule has 1 aliphatic carbocycles. The number of carbonyl (C=O) groups excluding carboxylic acids is 3. The molecule has 1 saturated heterocycles. The highest BCUT2D eigenvalue weighted by Gasteiger charge is 2.62. The van der Waals surface area contributed by atoms with E-state index >= 15 is 0 Å². The molecule has 1 saturated carbocycles. The lowest BCUT2D eigenvalue weighted by Crippen LogP contribution is -2.53. The molecule has 0 radical (unpaired) electrons. The molecule has 0 bridgehead atoms. The maximum Gasteiger partial charge on any atom is 0.410 e. The summed E-state index contributed by atoms with van der Waals surface area (Å²) in [7, 11) is 1.57. The summed E-state index contributed by atoms with van der Waals surface area (Å²) in [5, 5.41) is 4.54. The van der Waals surface area contributed by atoms with Gasteiger partial charge in [0, 0.05) is 17.7 Å². The van der Waals surface area contributed by atoms with E-state index in [-0.39, 0.29) is 43.1 Å². The standard InChI is InChI=1S/C30H36ClN3O7/c1-5-8-9-10-13-40-29(37)34-18-22(41-27-23-12-11-21(38-4)14-19(23)15-25(31)32-27)16-24(34)26(35)33-30(17-20(30)6-2)28(36)39-7-3/h5-6,11-12,14-15,20,22,24H,1-2,7-10,13,16-18H2,3-4H3,(H,33,35)/t20-,22-,24+,30-/m1/s1. The lowest BCUT2D eigenvalue weighted by molar-refractivity contribution is -0.149. The van der Waals surface area contributed by atoms with Crippen LogP contribution in [0.1, 0.15) is 39.0 Å². The molecule has 4 atom stereocenters. The van der Waals surface area contributed by atoms with Crippen LogP contribution < -0.4 is 14.8 Å². The number of likely N-dealkylation sites (tertiary alicyclic amines) is 1. The first-order chi connectivity index (χ1) is 19.8. The zero-order valence-electron chi connectivity index (χ0n) is 23.4. The van der Waals surface area contributed by atoms with Gasteiger partial charge in [-0.05, 0) is 62.3 Å². The second kappa shape index (κ2) is 13.2. The molecule has 2 fully saturated rings. The van der Waals surface area contributed by atoms with Gasteiger partial charge in [0.1, 0.15) is 28.6 Å². The lowest BCUT2D eigenvalue weighted by Gasteiger charge is -2.25. The molecule has 1 aromatic carbocycles. The smallest absolute Gasteiger partial charge is 0.410 e. The summed E-state index contributed by atoms with van der Waals surface area (Å²) >= 11 is 6.28. The van der Waals surface area contributed by atoms with Crippen LogP contribution in [0.5, 0.6) is 11.6 Å². The minimum absolute atomic E-state index is 0.0761. The Morgan fingerprint density at radius 3 is 2.71 bits per heavy atom. The number of allylic oxidation sites excluding steroid dienone is 1. The van der Waals surface area contributed by atoms with Gasteiger partial charge in [-0.3, -0.25) is 9.69 Å². The first-order valence-electron chi connectivity index (χ1n) is 13.7. The molecular formula is C30H36ClN3O7. The molecule has 0 spiro atoms. The lowest BCUT2D eigenvalue weighted by atomic mass is 10.1. The molecule has 2 aromatic rings. The summed E-state index contributed by atoms with van der Waals surface area (Å²) in [6.07, 6.45) is 5.04. The number of amides is 2. The molecule has 0 unspecified atom stereocenters. The number of methoxy groups -OCH3 is 1. The van der Waals surface area contributed by atoms with Gasteiger partial charge in [-0.25, -0.2) is 14.6 Å². The zero-order valence-corrected chi connectivity index (χ0v) is 24.2. The monoisotopic (exact) mass is 585 g/mol. The molecule has 41 heavy (non-hydrogen) atoms. The number of hydrogen-bond donors (Lipinski definition) is 1. The van der Waals surface area contributed by atoms with Crippen LogP contribution in [0.4, 0.5) is 4.79 Å². The van der Waals surface area contributed by atoms with Crippen LogP contribution in [0.3, 0.4) is 0 Å². The Morgan fingerprint density at radius 1 is 1.22 bits per heavy atom. The Bertz CT molecular complexity index is 1320. The first-order valence-corrected chi connectivity index (χ1v) is 14.1. The molecular weight excluding hydrogens is 550 g/mol. The fourth-order valence-electron chi connectivity index (χ4n) is 5.08. The number of carbonyl (C=O) groups is 3. The molecule has 1 aromatic heterocycles. The van der Waals surface area contributed by atoms with Crippen LogP contribution in [-0.4, -0.2) is 72.4 Å². The number of hydrogen-bond acceptors (Lipinski definition) is 8. The van der Waals surface area contributed by atoms with E-state index in [0.717, 1.165) is 18.2 Å². The molecule has 1 N–H and O–H groups in total. The molecule has 1 aliphatic heterocycles. The van der Waals surface area contributed by atoms with Crippen molar-refractivity contribution in [3.63, 3.8) is 0 Å². The largest absolute Gasteiger partial charge is 0.497 e. The van der Waals surface area contributed by atoms with Crippen molar-refractivity contribution in [2.45, 2.75) is 56.7 Å². The topological polar surface area (TPSA) is 116 Å². The van der Waals surface area contributed by atoms with Crippen LogP contribution in [-0.2, 0) is 19.1 Å². The Balaban J connectivity index is 1.55. The van der Waals surface area contributed by atoms with Crippen LogP contribution in [0.25, 0.3) is 10.8 Å². The fraction of sp³-hybridized carbons (Fsp3) is 0.467. The van der Waals surface area contributed by atoms with Gasteiger partial charge in [0.2, 0.25) is 11.8 Å². The number of benzene rings is 1. The van der Waals surface area contributed by atoms with Crippen LogP contribution in [0, 0.1) is 5.92 Å². The molecule has 2 amide bonds. The van der Waals surface area contributed by atoms with Crippen molar-refractivity contribution in [1.29, 1.82) is 0 Å². The number of nitrogens with one attached hydrogen (secondary N) is 1. The molecule has 2 heterocycles. The van der Waals surface area contributed by atoms with Crippen molar-refractivity contribution in [2.75, 3.05) is 26.9 Å². The molecule has 220 valence electrons. The predicted molar refractivity (Wildman–Crippen MR) is 154 cm³/mol. The third-order valence-electron chi connectivity index (χ3n) is 7.36. The van der Waals surface area contributed by atoms with Gasteiger partial charge in [-0.1, -0.05) is 23.8 Å². The van der Waals surface area contributed by atoms with Gasteiger partial charge in [0.25, 0.3) is 0 Å². The van der Waals surface area contributed by atoms with Gasteiger partial charge in [-0.15, -0.1) is 13.2 Å². The minimum atomic E-state index is -1.20. The Morgan fingerprint density at radius 2 is 2.02 bits per heavy atom. The third-order valence-corrected chi connectivity index (χ3v) is 7.56. The second-order valence-corrected chi connectivity index (χ2v) is 10.5. The predicted octanol–water partition coefficient (Wildman–Crippen LogP) is 4.84. The molecule has 2 aliphatic rings. The van der Waals surface area contributed by atoms with Gasteiger partial charge in [-0.2, -0.15) is 0 Å². The van der Waals surface area contributed by atoms with Crippen LogP contribution in [0.2, 0.25) is 5.15 Å². The number of nitrogens with zero attached hydrogens (tertiary/aromatic N) is 2. The normalized spacial score (nSPS) is 23.0. The highest BCUT2D eigenvalue weighted by molar-refractivity contribution is 6.30. The van der Waals surface area contributed by atoms with E-state index in [4.69, 9.17) is 30.5 Å². The number of aromatic nitrogens is 1. The zero-order chi connectivity index (χ0) is 29.6. The van der Waals surface area contributed by atoms with Gasteiger partial charge >= 0.3 is 12.1 Å². The van der Waals surface area contributed by atoms with Crippen molar-refractivity contribution in [3.8, 4) is 11.6 Å². The van der Waals surface area contributed by atoms with E-state index in [9.17, 15) is 14.4 Å². The number of rotatable bonds is 13. The summed E-state index contributed by atoms with van der Waals surface area (Å²) in [5.41, 5.74) is -1.20. The second-order valence-electron chi connectivity index (χ2n) is 10.1. The highest BCUT2D eigenvalue weighted by Crippen LogP contribution is 2.45. The van der Waals surface area contributed by atoms with Gasteiger partial charge in [0.05, 0.1) is 26.9 Å². The van der Waals surface area contributed by atoms with Gasteiger partial charge in [0.15, 0.2) is 0 Å². The van der Waals surface area contributed by atoms with Crippen LogP contribution in [0.15, 0.2) is 49.6 Å². The highest BCUT2D eigenvalue weighted by atomic mass is 35.5. The average molecular weight is 586 g/mol. The summed E-state index contributed by atoms with van der Waals surface area (Å²) in [6.45, 7) is 9.63.